The summed E-state index contributed by atoms with van der Waals surface area (Å²) in [6, 6.07) is 10.6. The summed E-state index contributed by atoms with van der Waals surface area (Å²) in [5, 5.41) is 20.0. The number of para-hydroxylation sites is 2. The topological polar surface area (TPSA) is 99.5 Å². The second kappa shape index (κ2) is 8.15. The summed E-state index contributed by atoms with van der Waals surface area (Å²) in [5.41, 5.74) is 4.16. The molecule has 1 fully saturated rings. The first-order valence-corrected chi connectivity index (χ1v) is 11.5. The van der Waals surface area contributed by atoms with Gasteiger partial charge in [0.15, 0.2) is 17.1 Å². The fourth-order valence-corrected chi connectivity index (χ4v) is 4.86. The number of pyridine rings is 1. The van der Waals surface area contributed by atoms with Gasteiger partial charge < -0.3 is 20.9 Å². The number of carbonyl (C=O) groups excluding carboxylic acids is 1. The molecule has 0 spiro atoms. The van der Waals surface area contributed by atoms with E-state index in [-0.39, 0.29) is 11.9 Å². The molecule has 1 saturated heterocycles. The number of benzene rings is 1. The maximum absolute atomic E-state index is 13.4. The molecule has 33 heavy (non-hydrogen) atoms. The van der Waals surface area contributed by atoms with Gasteiger partial charge in [-0.25, -0.2) is 4.98 Å². The first-order valence-electron chi connectivity index (χ1n) is 11.5. The number of anilines is 2. The average Bonchev–Trinajstić information content (AvgIpc) is 3.15. The van der Waals surface area contributed by atoms with E-state index in [0.29, 0.717) is 34.6 Å². The normalized spacial score (nSPS) is 19.0. The van der Waals surface area contributed by atoms with E-state index in [4.69, 9.17) is 4.98 Å². The number of nitrogens with zero attached hydrogens (tertiary/aromatic N) is 5. The van der Waals surface area contributed by atoms with Gasteiger partial charge in [0.1, 0.15) is 5.56 Å². The molecule has 0 radical (unpaired) electrons. The maximum atomic E-state index is 13.4. The Hall–Kier alpha value is -3.46. The minimum absolute atomic E-state index is 0.00252. The van der Waals surface area contributed by atoms with Gasteiger partial charge in [0.2, 0.25) is 0 Å². The Kier molecular flexibility index (Phi) is 5.28. The number of hydrogen-bond acceptors (Lipinski definition) is 7. The van der Waals surface area contributed by atoms with Crippen LogP contribution >= 0.6 is 0 Å². The van der Waals surface area contributed by atoms with E-state index in [2.05, 4.69) is 44.9 Å². The maximum Gasteiger partial charge on any atom is 0.257 e. The molecule has 1 aromatic carbocycles. The SMILES string of the molecule is CNc1c(C(=O)NC(C)C)c2nc3ccccc3n2c2nnc(N3C[C@@H](C)N[C@@H](C)C3)cc12. The van der Waals surface area contributed by atoms with Gasteiger partial charge in [0.25, 0.3) is 5.91 Å². The zero-order valence-electron chi connectivity index (χ0n) is 19.7. The molecule has 1 amide bonds. The molecule has 0 bridgehead atoms. The van der Waals surface area contributed by atoms with Crippen LogP contribution in [0.25, 0.3) is 27.7 Å². The van der Waals surface area contributed by atoms with Crippen molar-refractivity contribution in [2.24, 2.45) is 0 Å². The number of hydrogen-bond donors (Lipinski definition) is 3. The van der Waals surface area contributed by atoms with Crippen LogP contribution in [0.1, 0.15) is 38.1 Å². The van der Waals surface area contributed by atoms with Gasteiger partial charge in [-0.3, -0.25) is 9.20 Å². The smallest absolute Gasteiger partial charge is 0.257 e. The molecule has 172 valence electrons. The molecule has 9 nitrogen and oxygen atoms in total. The Morgan fingerprint density at radius 2 is 1.85 bits per heavy atom. The molecule has 0 unspecified atom stereocenters. The highest BCUT2D eigenvalue weighted by atomic mass is 16.1. The molecule has 0 saturated carbocycles. The minimum atomic E-state index is -0.167. The Morgan fingerprint density at radius 1 is 1.12 bits per heavy atom. The molecule has 3 aromatic heterocycles. The van der Waals surface area contributed by atoms with Gasteiger partial charge >= 0.3 is 0 Å². The van der Waals surface area contributed by atoms with Crippen molar-refractivity contribution in [2.75, 3.05) is 30.4 Å². The van der Waals surface area contributed by atoms with Crippen LogP contribution in [0.15, 0.2) is 30.3 Å². The summed E-state index contributed by atoms with van der Waals surface area (Å²) in [4.78, 5) is 20.4. The van der Waals surface area contributed by atoms with Crippen molar-refractivity contribution >= 4 is 45.1 Å². The molecule has 3 N–H and O–H groups in total. The number of fused-ring (bicyclic) bond motifs is 5. The lowest BCUT2D eigenvalue weighted by molar-refractivity contribution is 0.0945. The van der Waals surface area contributed by atoms with E-state index in [0.717, 1.165) is 35.3 Å². The number of carbonyl (C=O) groups is 1. The van der Waals surface area contributed by atoms with Crippen molar-refractivity contribution in [3.63, 3.8) is 0 Å². The van der Waals surface area contributed by atoms with Crippen molar-refractivity contribution in [3.8, 4) is 0 Å². The van der Waals surface area contributed by atoms with Crippen molar-refractivity contribution in [1.82, 2.24) is 30.2 Å². The number of amides is 1. The zero-order chi connectivity index (χ0) is 23.3. The second-order valence-electron chi connectivity index (χ2n) is 9.20. The Balaban J connectivity index is 1.82. The number of nitrogens with one attached hydrogen (secondary N) is 3. The van der Waals surface area contributed by atoms with E-state index in [1.165, 1.54) is 0 Å². The van der Waals surface area contributed by atoms with Crippen LogP contribution in [-0.2, 0) is 0 Å². The monoisotopic (exact) mass is 446 g/mol. The van der Waals surface area contributed by atoms with Gasteiger partial charge in [-0.2, -0.15) is 0 Å². The predicted molar refractivity (Wildman–Crippen MR) is 132 cm³/mol. The number of imidazole rings is 1. The highest BCUT2D eigenvalue weighted by Crippen LogP contribution is 2.34. The molecule has 4 heterocycles. The lowest BCUT2D eigenvalue weighted by Crippen LogP contribution is -2.54. The Bertz CT molecular complexity index is 1350. The van der Waals surface area contributed by atoms with Crippen LogP contribution < -0.4 is 20.9 Å². The Morgan fingerprint density at radius 3 is 2.55 bits per heavy atom. The fourth-order valence-electron chi connectivity index (χ4n) is 4.86. The van der Waals surface area contributed by atoms with Crippen molar-refractivity contribution < 1.29 is 4.79 Å². The summed E-state index contributed by atoms with van der Waals surface area (Å²) in [7, 11) is 1.83. The average molecular weight is 447 g/mol. The van der Waals surface area contributed by atoms with E-state index >= 15 is 0 Å². The summed E-state index contributed by atoms with van der Waals surface area (Å²) in [6.45, 7) is 9.94. The molecule has 1 aliphatic rings. The minimum Gasteiger partial charge on any atom is -0.387 e. The van der Waals surface area contributed by atoms with E-state index in [1.807, 2.05) is 55.6 Å². The van der Waals surface area contributed by atoms with Crippen LogP contribution in [0, 0.1) is 0 Å². The highest BCUT2D eigenvalue weighted by molar-refractivity contribution is 6.13. The van der Waals surface area contributed by atoms with Crippen molar-refractivity contribution in [2.45, 2.75) is 45.8 Å². The van der Waals surface area contributed by atoms with Crippen LogP contribution in [-0.4, -0.2) is 63.8 Å². The molecular weight excluding hydrogens is 416 g/mol. The number of piperazine rings is 1. The van der Waals surface area contributed by atoms with Gasteiger partial charge in [-0.15, -0.1) is 10.2 Å². The quantitative estimate of drug-likeness (QED) is 0.443. The summed E-state index contributed by atoms with van der Waals surface area (Å²) in [5.74, 6) is 0.637. The summed E-state index contributed by atoms with van der Waals surface area (Å²) in [6.07, 6.45) is 0. The van der Waals surface area contributed by atoms with Crippen LogP contribution in [0.5, 0.6) is 0 Å². The third kappa shape index (κ3) is 3.62. The highest BCUT2D eigenvalue weighted by Gasteiger charge is 2.27. The molecule has 4 aromatic rings. The molecular formula is C24H30N8O. The van der Waals surface area contributed by atoms with Crippen molar-refractivity contribution in [1.29, 1.82) is 0 Å². The van der Waals surface area contributed by atoms with Crippen LogP contribution in [0.4, 0.5) is 11.5 Å². The summed E-state index contributed by atoms with van der Waals surface area (Å²) < 4.78 is 1.94. The molecule has 1 aliphatic heterocycles. The lowest BCUT2D eigenvalue weighted by Gasteiger charge is -2.36. The lowest BCUT2D eigenvalue weighted by atomic mass is 10.1. The van der Waals surface area contributed by atoms with Gasteiger partial charge in [0.05, 0.1) is 16.7 Å². The van der Waals surface area contributed by atoms with Gasteiger partial charge in [-0.05, 0) is 45.9 Å². The zero-order valence-corrected chi connectivity index (χ0v) is 19.7. The van der Waals surface area contributed by atoms with Crippen LogP contribution in [0.2, 0.25) is 0 Å². The standard InChI is InChI=1S/C24H30N8O/c1-13(2)26-24(33)20-21(25-5)16-10-19(31-11-14(3)27-15(4)12-31)29-30-22(16)32-18-9-7-6-8-17(18)28-23(20)32/h6-10,13-15,25,27H,11-12H2,1-5H3,(H,26,33)/t14-,15+. The van der Waals surface area contributed by atoms with Gasteiger partial charge in [0, 0.05) is 43.6 Å². The number of rotatable bonds is 4. The Labute approximate surface area is 192 Å². The first kappa shape index (κ1) is 21.4. The molecule has 9 heteroatoms. The second-order valence-corrected chi connectivity index (χ2v) is 9.20. The molecule has 2 atom stereocenters. The predicted octanol–water partition coefficient (Wildman–Crippen LogP) is 2.80. The van der Waals surface area contributed by atoms with Crippen LogP contribution in [0.3, 0.4) is 0 Å². The van der Waals surface area contributed by atoms with Crippen molar-refractivity contribution in [3.05, 3.63) is 35.9 Å². The molecule has 5 rings (SSSR count). The first-order chi connectivity index (χ1) is 15.9. The van der Waals surface area contributed by atoms with E-state index < -0.39 is 0 Å². The molecule has 0 aliphatic carbocycles. The fraction of sp³-hybridized carbons (Fsp3) is 0.417. The third-order valence-electron chi connectivity index (χ3n) is 6.06. The van der Waals surface area contributed by atoms with E-state index in [1.54, 1.807) is 0 Å². The third-order valence-corrected chi connectivity index (χ3v) is 6.06. The largest absolute Gasteiger partial charge is 0.387 e. The van der Waals surface area contributed by atoms with E-state index in [9.17, 15) is 4.79 Å². The summed E-state index contributed by atoms with van der Waals surface area (Å²) >= 11 is 0. The van der Waals surface area contributed by atoms with Gasteiger partial charge in [-0.1, -0.05) is 12.1 Å². The number of aromatic nitrogens is 4.